The van der Waals surface area contributed by atoms with E-state index < -0.39 is 0 Å². The lowest BCUT2D eigenvalue weighted by Crippen LogP contribution is -2.40. The highest BCUT2D eigenvalue weighted by molar-refractivity contribution is 6.30. The van der Waals surface area contributed by atoms with Crippen molar-refractivity contribution < 1.29 is 9.59 Å². The molecule has 4 nitrogen and oxygen atoms in total. The standard InChI is InChI=1S/C22H33ClN2O2/c1-3-15-25(16-4-2)22(27)19-9-7-18(8-10-19)21(26)24-14-13-17-5-11-20(23)12-6-17/h5-6,11-12,18-19H,3-4,7-10,13-16H2,1-2H3,(H,24,26). The molecule has 1 N–H and O–H groups in total. The van der Waals surface area contributed by atoms with Crippen molar-refractivity contribution in [3.63, 3.8) is 0 Å². The molecule has 2 amide bonds. The fourth-order valence-corrected chi connectivity index (χ4v) is 3.98. The van der Waals surface area contributed by atoms with Gasteiger partial charge < -0.3 is 10.2 Å². The van der Waals surface area contributed by atoms with E-state index >= 15 is 0 Å². The zero-order valence-corrected chi connectivity index (χ0v) is 17.4. The summed E-state index contributed by atoms with van der Waals surface area (Å²) >= 11 is 5.89. The van der Waals surface area contributed by atoms with Crippen molar-refractivity contribution in [1.29, 1.82) is 0 Å². The number of hydrogen-bond acceptors (Lipinski definition) is 2. The van der Waals surface area contributed by atoms with Gasteiger partial charge in [-0.15, -0.1) is 0 Å². The molecule has 1 saturated carbocycles. The second-order valence-corrected chi connectivity index (χ2v) is 7.98. The summed E-state index contributed by atoms with van der Waals surface area (Å²) in [5.74, 6) is 0.570. The number of nitrogens with zero attached hydrogens (tertiary/aromatic N) is 1. The van der Waals surface area contributed by atoms with Crippen molar-refractivity contribution in [2.75, 3.05) is 19.6 Å². The monoisotopic (exact) mass is 392 g/mol. The molecular formula is C22H33ClN2O2. The number of rotatable bonds is 9. The summed E-state index contributed by atoms with van der Waals surface area (Å²) in [6.07, 6.45) is 6.09. The van der Waals surface area contributed by atoms with E-state index in [-0.39, 0.29) is 17.7 Å². The molecule has 0 atom stereocenters. The maximum absolute atomic E-state index is 12.7. The van der Waals surface area contributed by atoms with Gasteiger partial charge in [0.05, 0.1) is 0 Å². The molecule has 0 spiro atoms. The highest BCUT2D eigenvalue weighted by Gasteiger charge is 2.31. The molecule has 150 valence electrons. The van der Waals surface area contributed by atoms with E-state index in [1.54, 1.807) is 0 Å². The van der Waals surface area contributed by atoms with Gasteiger partial charge in [-0.05, 0) is 62.6 Å². The maximum Gasteiger partial charge on any atom is 0.225 e. The van der Waals surface area contributed by atoms with Gasteiger partial charge in [0.2, 0.25) is 11.8 Å². The summed E-state index contributed by atoms with van der Waals surface area (Å²) in [6.45, 7) is 6.55. The molecule has 1 aromatic carbocycles. The van der Waals surface area contributed by atoms with Crippen LogP contribution in [0.15, 0.2) is 24.3 Å². The Morgan fingerprint density at radius 1 is 1.00 bits per heavy atom. The van der Waals surface area contributed by atoms with Crippen LogP contribution in [0.4, 0.5) is 0 Å². The fourth-order valence-electron chi connectivity index (χ4n) is 3.86. The van der Waals surface area contributed by atoms with Crippen molar-refractivity contribution in [2.24, 2.45) is 11.8 Å². The topological polar surface area (TPSA) is 49.4 Å². The van der Waals surface area contributed by atoms with Crippen LogP contribution in [0.25, 0.3) is 0 Å². The number of carbonyl (C=O) groups excluding carboxylic acids is 2. The Labute approximate surface area is 168 Å². The van der Waals surface area contributed by atoms with Gasteiger partial charge in [0, 0.05) is 36.5 Å². The van der Waals surface area contributed by atoms with Gasteiger partial charge in [0.1, 0.15) is 0 Å². The van der Waals surface area contributed by atoms with Gasteiger partial charge >= 0.3 is 0 Å². The summed E-state index contributed by atoms with van der Waals surface area (Å²) in [5, 5.41) is 3.78. The van der Waals surface area contributed by atoms with Gasteiger partial charge in [-0.3, -0.25) is 9.59 Å². The minimum Gasteiger partial charge on any atom is -0.356 e. The van der Waals surface area contributed by atoms with Gasteiger partial charge in [0.25, 0.3) is 0 Å². The zero-order valence-electron chi connectivity index (χ0n) is 16.7. The lowest BCUT2D eigenvalue weighted by Gasteiger charge is -2.31. The van der Waals surface area contributed by atoms with E-state index in [1.165, 1.54) is 5.56 Å². The first-order valence-corrected chi connectivity index (χ1v) is 10.7. The third kappa shape index (κ3) is 6.84. The van der Waals surface area contributed by atoms with Crippen molar-refractivity contribution in [1.82, 2.24) is 10.2 Å². The van der Waals surface area contributed by atoms with Crippen LogP contribution in [-0.2, 0) is 16.0 Å². The number of benzene rings is 1. The zero-order chi connectivity index (χ0) is 19.6. The predicted molar refractivity (Wildman–Crippen MR) is 111 cm³/mol. The second kappa shape index (κ2) is 11.3. The van der Waals surface area contributed by atoms with Crippen molar-refractivity contribution in [3.8, 4) is 0 Å². The number of nitrogens with one attached hydrogen (secondary N) is 1. The first-order valence-electron chi connectivity index (χ1n) is 10.4. The summed E-state index contributed by atoms with van der Waals surface area (Å²) in [7, 11) is 0. The average Bonchev–Trinajstić information content (AvgIpc) is 2.69. The number of amides is 2. The predicted octanol–water partition coefficient (Wildman–Crippen LogP) is 4.45. The SMILES string of the molecule is CCCN(CCC)C(=O)C1CCC(C(=O)NCCc2ccc(Cl)cc2)CC1. The maximum atomic E-state index is 12.7. The molecule has 0 heterocycles. The van der Waals surface area contributed by atoms with Gasteiger partial charge in [-0.25, -0.2) is 0 Å². The molecule has 1 aliphatic carbocycles. The van der Waals surface area contributed by atoms with Crippen LogP contribution in [0.3, 0.4) is 0 Å². The van der Waals surface area contributed by atoms with Crippen LogP contribution in [-0.4, -0.2) is 36.3 Å². The van der Waals surface area contributed by atoms with Gasteiger partial charge in [-0.1, -0.05) is 37.6 Å². The van der Waals surface area contributed by atoms with E-state index in [1.807, 2.05) is 29.2 Å². The second-order valence-electron chi connectivity index (χ2n) is 7.54. The van der Waals surface area contributed by atoms with Gasteiger partial charge in [-0.2, -0.15) is 0 Å². The van der Waals surface area contributed by atoms with Crippen LogP contribution in [0, 0.1) is 11.8 Å². The Bertz CT molecular complexity index is 589. The first kappa shape index (κ1) is 21.7. The molecule has 1 aromatic rings. The average molecular weight is 393 g/mol. The molecule has 0 aromatic heterocycles. The number of hydrogen-bond donors (Lipinski definition) is 1. The minimum atomic E-state index is 0.0464. The summed E-state index contributed by atoms with van der Waals surface area (Å²) in [4.78, 5) is 27.2. The molecule has 27 heavy (non-hydrogen) atoms. The van der Waals surface area contributed by atoms with Crippen LogP contribution in [0.1, 0.15) is 57.9 Å². The minimum absolute atomic E-state index is 0.0464. The van der Waals surface area contributed by atoms with E-state index in [9.17, 15) is 9.59 Å². The number of carbonyl (C=O) groups is 2. The Hall–Kier alpha value is -1.55. The normalized spacial score (nSPS) is 19.5. The molecule has 2 rings (SSSR count). The molecule has 1 aliphatic rings. The van der Waals surface area contributed by atoms with Crippen molar-refractivity contribution in [3.05, 3.63) is 34.9 Å². The summed E-state index contributed by atoms with van der Waals surface area (Å²) in [5.41, 5.74) is 1.17. The van der Waals surface area contributed by atoms with Crippen LogP contribution >= 0.6 is 11.6 Å². The largest absolute Gasteiger partial charge is 0.356 e. The molecule has 1 fully saturated rings. The highest BCUT2D eigenvalue weighted by atomic mass is 35.5. The van der Waals surface area contributed by atoms with Crippen LogP contribution in [0.2, 0.25) is 5.02 Å². The molecular weight excluding hydrogens is 360 g/mol. The lowest BCUT2D eigenvalue weighted by molar-refractivity contribution is -0.138. The summed E-state index contributed by atoms with van der Waals surface area (Å²) in [6, 6.07) is 7.72. The number of halogens is 1. The van der Waals surface area contributed by atoms with Crippen molar-refractivity contribution in [2.45, 2.75) is 58.8 Å². The van der Waals surface area contributed by atoms with Crippen LogP contribution in [0.5, 0.6) is 0 Å². The smallest absolute Gasteiger partial charge is 0.225 e. The third-order valence-corrected chi connectivity index (χ3v) is 5.62. The lowest BCUT2D eigenvalue weighted by atomic mass is 9.81. The fraction of sp³-hybridized carbons (Fsp3) is 0.636. The molecule has 5 heteroatoms. The van der Waals surface area contributed by atoms with Crippen molar-refractivity contribution >= 4 is 23.4 Å². The van der Waals surface area contributed by atoms with E-state index in [0.29, 0.717) is 12.5 Å². The molecule has 0 saturated heterocycles. The molecule has 0 unspecified atom stereocenters. The quantitative estimate of drug-likeness (QED) is 0.674. The van der Waals surface area contributed by atoms with E-state index in [4.69, 9.17) is 11.6 Å². The van der Waals surface area contributed by atoms with E-state index in [0.717, 1.165) is 63.1 Å². The van der Waals surface area contributed by atoms with Gasteiger partial charge in [0.15, 0.2) is 0 Å². The molecule has 0 bridgehead atoms. The van der Waals surface area contributed by atoms with Crippen LogP contribution < -0.4 is 5.32 Å². The molecule has 0 aliphatic heterocycles. The third-order valence-electron chi connectivity index (χ3n) is 5.37. The summed E-state index contributed by atoms with van der Waals surface area (Å²) < 4.78 is 0. The Morgan fingerprint density at radius 2 is 1.56 bits per heavy atom. The first-order chi connectivity index (χ1) is 13.0. The molecule has 0 radical (unpaired) electrons. The van der Waals surface area contributed by atoms with E-state index in [2.05, 4.69) is 19.2 Å². The Kier molecular flexibility index (Phi) is 9.12. The highest BCUT2D eigenvalue weighted by Crippen LogP contribution is 2.30. The Morgan fingerprint density at radius 3 is 2.11 bits per heavy atom. The Balaban J connectivity index is 1.73.